The molecule has 0 bridgehead atoms. The van der Waals surface area contributed by atoms with Crippen LogP contribution in [-0.2, 0) is 9.53 Å². The first-order valence-corrected chi connectivity index (χ1v) is 6.66. The van der Waals surface area contributed by atoms with Crippen LogP contribution >= 0.6 is 0 Å². The first-order chi connectivity index (χ1) is 9.32. The summed E-state index contributed by atoms with van der Waals surface area (Å²) in [4.78, 5) is 23.8. The van der Waals surface area contributed by atoms with Gasteiger partial charge in [0.2, 0.25) is 0 Å². The molecule has 20 heavy (non-hydrogen) atoms. The van der Waals surface area contributed by atoms with Gasteiger partial charge in [-0.1, -0.05) is 19.9 Å². The minimum atomic E-state index is -0.831. The highest BCUT2D eigenvalue weighted by Gasteiger charge is 2.20. The smallest absolute Gasteiger partial charge is 0.339 e. The van der Waals surface area contributed by atoms with E-state index in [1.54, 1.807) is 32.0 Å². The Morgan fingerprint density at radius 2 is 1.95 bits per heavy atom. The van der Waals surface area contributed by atoms with Crippen molar-refractivity contribution in [1.82, 2.24) is 5.32 Å². The summed E-state index contributed by atoms with van der Waals surface area (Å²) in [6.45, 7) is 7.84. The predicted octanol–water partition coefficient (Wildman–Crippen LogP) is 1.89. The molecular weight excluding hydrogens is 256 g/mol. The Balaban J connectivity index is 2.66. The van der Waals surface area contributed by atoms with Crippen molar-refractivity contribution in [3.05, 3.63) is 29.3 Å². The second-order valence-electron chi connectivity index (χ2n) is 5.21. The summed E-state index contributed by atoms with van der Waals surface area (Å²) in [5.74, 6) is -0.492. The van der Waals surface area contributed by atoms with Crippen molar-refractivity contribution in [1.29, 1.82) is 0 Å². The van der Waals surface area contributed by atoms with E-state index in [9.17, 15) is 9.59 Å². The maximum Gasteiger partial charge on any atom is 0.339 e. The number of hydrogen-bond donors (Lipinski definition) is 2. The lowest BCUT2D eigenvalue weighted by atomic mass is 10.1. The molecule has 0 radical (unpaired) electrons. The van der Waals surface area contributed by atoms with E-state index in [1.807, 2.05) is 13.8 Å². The third-order valence-corrected chi connectivity index (χ3v) is 2.93. The number of anilines is 1. The molecule has 3 N–H and O–H groups in total. The molecule has 5 nitrogen and oxygen atoms in total. The highest BCUT2D eigenvalue weighted by Crippen LogP contribution is 2.17. The van der Waals surface area contributed by atoms with Crippen molar-refractivity contribution in [3.63, 3.8) is 0 Å². The van der Waals surface area contributed by atoms with Gasteiger partial charge in [-0.2, -0.15) is 0 Å². The quantitative estimate of drug-likeness (QED) is 0.636. The van der Waals surface area contributed by atoms with E-state index in [4.69, 9.17) is 10.5 Å². The lowest BCUT2D eigenvalue weighted by Crippen LogP contribution is -2.37. The molecule has 1 aromatic rings. The van der Waals surface area contributed by atoms with Crippen LogP contribution in [0.4, 0.5) is 5.69 Å². The van der Waals surface area contributed by atoms with Crippen molar-refractivity contribution in [2.75, 3.05) is 12.3 Å². The molecule has 0 saturated carbocycles. The molecular formula is C15H22N2O3. The lowest BCUT2D eigenvalue weighted by molar-refractivity contribution is -0.129. The number of nitrogen functional groups attached to an aromatic ring is 1. The van der Waals surface area contributed by atoms with E-state index in [0.29, 0.717) is 29.3 Å². The molecule has 5 heteroatoms. The molecule has 1 rings (SSSR count). The molecule has 1 amide bonds. The predicted molar refractivity (Wildman–Crippen MR) is 78.3 cm³/mol. The Labute approximate surface area is 119 Å². The minimum Gasteiger partial charge on any atom is -0.449 e. The van der Waals surface area contributed by atoms with Crippen molar-refractivity contribution < 1.29 is 14.3 Å². The molecule has 0 aliphatic carbocycles. The molecule has 1 aromatic carbocycles. The fourth-order valence-electron chi connectivity index (χ4n) is 1.60. The average Bonchev–Trinajstić information content (AvgIpc) is 2.38. The number of carbonyl (C=O) groups excluding carboxylic acids is 2. The van der Waals surface area contributed by atoms with E-state index in [1.165, 1.54) is 0 Å². The third kappa shape index (κ3) is 4.26. The molecule has 110 valence electrons. The van der Waals surface area contributed by atoms with Gasteiger partial charge in [-0.15, -0.1) is 0 Å². The normalized spacial score (nSPS) is 12.1. The minimum absolute atomic E-state index is 0.298. The average molecular weight is 278 g/mol. The molecule has 0 aromatic heterocycles. The summed E-state index contributed by atoms with van der Waals surface area (Å²) in [5.41, 5.74) is 7.31. The molecule has 0 aliphatic rings. The van der Waals surface area contributed by atoms with E-state index in [-0.39, 0.29) is 5.91 Å². The van der Waals surface area contributed by atoms with Crippen molar-refractivity contribution in [2.45, 2.75) is 33.8 Å². The second-order valence-corrected chi connectivity index (χ2v) is 5.21. The molecule has 0 fully saturated rings. The fraction of sp³-hybridized carbons (Fsp3) is 0.467. The number of amides is 1. The van der Waals surface area contributed by atoms with E-state index >= 15 is 0 Å². The van der Waals surface area contributed by atoms with E-state index in [2.05, 4.69) is 5.32 Å². The maximum atomic E-state index is 12.0. The van der Waals surface area contributed by atoms with Gasteiger partial charge in [0.05, 0.1) is 5.56 Å². The highest BCUT2D eigenvalue weighted by molar-refractivity contribution is 5.94. The van der Waals surface area contributed by atoms with Crippen LogP contribution in [0.5, 0.6) is 0 Å². The first kappa shape index (κ1) is 16.0. The molecule has 1 unspecified atom stereocenters. The van der Waals surface area contributed by atoms with E-state index < -0.39 is 12.1 Å². The van der Waals surface area contributed by atoms with Crippen LogP contribution in [0.15, 0.2) is 18.2 Å². The van der Waals surface area contributed by atoms with E-state index in [0.717, 1.165) is 0 Å². The van der Waals surface area contributed by atoms with Crippen LogP contribution in [0.2, 0.25) is 0 Å². The second kappa shape index (κ2) is 6.93. The Morgan fingerprint density at radius 1 is 1.30 bits per heavy atom. The Kier molecular flexibility index (Phi) is 5.55. The Morgan fingerprint density at radius 3 is 2.55 bits per heavy atom. The van der Waals surface area contributed by atoms with Gasteiger partial charge >= 0.3 is 5.97 Å². The molecule has 0 spiro atoms. The Hall–Kier alpha value is -2.04. The topological polar surface area (TPSA) is 81.4 Å². The highest BCUT2D eigenvalue weighted by atomic mass is 16.5. The van der Waals surface area contributed by atoms with Crippen molar-refractivity contribution in [3.8, 4) is 0 Å². The number of nitrogens with two attached hydrogens (primary N) is 1. The van der Waals surface area contributed by atoms with Crippen LogP contribution in [0.3, 0.4) is 0 Å². The zero-order valence-electron chi connectivity index (χ0n) is 12.4. The van der Waals surface area contributed by atoms with Crippen LogP contribution < -0.4 is 11.1 Å². The Bertz CT molecular complexity index is 498. The summed E-state index contributed by atoms with van der Waals surface area (Å²) in [6.07, 6.45) is -0.831. The van der Waals surface area contributed by atoms with Gasteiger partial charge in [0.1, 0.15) is 0 Å². The third-order valence-electron chi connectivity index (χ3n) is 2.93. The molecule has 1 atom stereocenters. The van der Waals surface area contributed by atoms with Crippen molar-refractivity contribution in [2.24, 2.45) is 5.92 Å². The SMILES string of the molecule is Cc1c(N)cccc1C(=O)OC(C)C(=O)NCC(C)C. The van der Waals surface area contributed by atoms with Crippen LogP contribution in [0, 0.1) is 12.8 Å². The number of nitrogens with one attached hydrogen (secondary N) is 1. The van der Waals surface area contributed by atoms with Gasteiger partial charge in [-0.3, -0.25) is 4.79 Å². The molecule has 0 aliphatic heterocycles. The fourth-order valence-corrected chi connectivity index (χ4v) is 1.60. The maximum absolute atomic E-state index is 12.0. The largest absolute Gasteiger partial charge is 0.449 e. The summed E-state index contributed by atoms with van der Waals surface area (Å²) < 4.78 is 5.16. The van der Waals surface area contributed by atoms with Gasteiger partial charge in [0.15, 0.2) is 6.10 Å². The standard InChI is InChI=1S/C15H22N2O3/c1-9(2)8-17-14(18)11(4)20-15(19)12-6-5-7-13(16)10(12)3/h5-7,9,11H,8,16H2,1-4H3,(H,17,18). The molecule has 0 saturated heterocycles. The summed E-state index contributed by atoms with van der Waals surface area (Å²) in [6, 6.07) is 5.03. The number of carbonyl (C=O) groups is 2. The number of benzene rings is 1. The summed E-state index contributed by atoms with van der Waals surface area (Å²) in [7, 11) is 0. The summed E-state index contributed by atoms with van der Waals surface area (Å²) >= 11 is 0. The number of hydrogen-bond acceptors (Lipinski definition) is 4. The van der Waals surface area contributed by atoms with Gasteiger partial charge in [0.25, 0.3) is 5.91 Å². The van der Waals surface area contributed by atoms with Crippen LogP contribution in [-0.4, -0.2) is 24.5 Å². The number of rotatable bonds is 5. The number of esters is 1. The van der Waals surface area contributed by atoms with Gasteiger partial charge in [0, 0.05) is 12.2 Å². The number of ether oxygens (including phenoxy) is 1. The van der Waals surface area contributed by atoms with Gasteiger partial charge in [-0.25, -0.2) is 4.79 Å². The van der Waals surface area contributed by atoms with Crippen molar-refractivity contribution >= 4 is 17.6 Å². The molecule has 0 heterocycles. The summed E-state index contributed by atoms with van der Waals surface area (Å²) in [5, 5.41) is 2.72. The first-order valence-electron chi connectivity index (χ1n) is 6.66. The monoisotopic (exact) mass is 278 g/mol. The van der Waals surface area contributed by atoms with Crippen LogP contribution in [0.1, 0.15) is 36.7 Å². The zero-order chi connectivity index (χ0) is 15.3. The lowest BCUT2D eigenvalue weighted by Gasteiger charge is -2.15. The van der Waals surface area contributed by atoms with Crippen LogP contribution in [0.25, 0.3) is 0 Å². The van der Waals surface area contributed by atoms with Gasteiger partial charge < -0.3 is 15.8 Å². The van der Waals surface area contributed by atoms with Gasteiger partial charge in [-0.05, 0) is 37.5 Å². The zero-order valence-corrected chi connectivity index (χ0v) is 12.4.